The summed E-state index contributed by atoms with van der Waals surface area (Å²) in [7, 11) is 0. The third-order valence-electron chi connectivity index (χ3n) is 2.91. The van der Waals surface area contributed by atoms with E-state index in [-0.39, 0.29) is 6.10 Å². The minimum atomic E-state index is -0.0571. The molecule has 2 unspecified atom stereocenters. The summed E-state index contributed by atoms with van der Waals surface area (Å²) in [6.07, 6.45) is 0.963. The van der Waals surface area contributed by atoms with Gasteiger partial charge in [-0.25, -0.2) is 0 Å². The molecule has 4 heteroatoms. The molecule has 1 aromatic carbocycles. The Balaban J connectivity index is 2.27. The summed E-state index contributed by atoms with van der Waals surface area (Å²) in [6, 6.07) is 5.91. The Bertz CT molecular complexity index is 442. The fourth-order valence-electron chi connectivity index (χ4n) is 1.69. The second-order valence-corrected chi connectivity index (χ2v) is 4.41. The highest BCUT2D eigenvalue weighted by Gasteiger charge is 2.22. The Morgan fingerprint density at radius 1 is 1.53 bits per heavy atom. The first kappa shape index (κ1) is 11.8. The molecule has 3 N–H and O–H groups in total. The van der Waals surface area contributed by atoms with Crippen molar-refractivity contribution in [3.05, 3.63) is 18.2 Å². The molecule has 1 heterocycles. The molecule has 4 nitrogen and oxygen atoms in total. The highest BCUT2D eigenvalue weighted by atomic mass is 16.5. The van der Waals surface area contributed by atoms with Crippen LogP contribution in [0.15, 0.2) is 23.2 Å². The number of aliphatic imine (C=N–C) groups is 1. The molecule has 0 amide bonds. The monoisotopic (exact) mass is 233 g/mol. The van der Waals surface area contributed by atoms with E-state index in [0.29, 0.717) is 11.7 Å². The molecule has 0 saturated heterocycles. The molecule has 0 spiro atoms. The van der Waals surface area contributed by atoms with Gasteiger partial charge in [0, 0.05) is 17.8 Å². The maximum absolute atomic E-state index is 5.80. The minimum Gasteiger partial charge on any atom is -0.481 e. The van der Waals surface area contributed by atoms with Crippen molar-refractivity contribution in [2.75, 3.05) is 11.1 Å². The van der Waals surface area contributed by atoms with Crippen LogP contribution in [-0.4, -0.2) is 18.0 Å². The number of amidine groups is 1. The quantitative estimate of drug-likeness (QED) is 0.772. The number of anilines is 2. The van der Waals surface area contributed by atoms with Gasteiger partial charge in [0.2, 0.25) is 0 Å². The normalized spacial score (nSPS) is 22.5. The molecule has 0 fully saturated rings. The summed E-state index contributed by atoms with van der Waals surface area (Å²) in [5.74, 6) is 1.68. The smallest absolute Gasteiger partial charge is 0.153 e. The number of ether oxygens (including phenoxy) is 1. The molecule has 1 aromatic rings. The zero-order chi connectivity index (χ0) is 12.4. The van der Waals surface area contributed by atoms with Crippen LogP contribution in [0.1, 0.15) is 27.2 Å². The van der Waals surface area contributed by atoms with Crippen molar-refractivity contribution in [2.24, 2.45) is 4.99 Å². The fraction of sp³-hybridized carbons (Fsp3) is 0.462. The Kier molecular flexibility index (Phi) is 3.22. The fourth-order valence-corrected chi connectivity index (χ4v) is 1.69. The lowest BCUT2D eigenvalue weighted by Crippen LogP contribution is -2.35. The van der Waals surface area contributed by atoms with Gasteiger partial charge in [0.15, 0.2) is 6.10 Å². The molecule has 2 atom stereocenters. The largest absolute Gasteiger partial charge is 0.481 e. The first-order valence-corrected chi connectivity index (χ1v) is 6.01. The van der Waals surface area contributed by atoms with Crippen LogP contribution >= 0.6 is 0 Å². The topological polar surface area (TPSA) is 59.6 Å². The van der Waals surface area contributed by atoms with Gasteiger partial charge in [0.25, 0.3) is 0 Å². The molecule has 0 aliphatic carbocycles. The van der Waals surface area contributed by atoms with Gasteiger partial charge in [0.05, 0.1) is 5.69 Å². The molecule has 0 aromatic heterocycles. The van der Waals surface area contributed by atoms with Crippen molar-refractivity contribution in [3.8, 4) is 5.75 Å². The summed E-state index contributed by atoms with van der Waals surface area (Å²) < 4.78 is 5.80. The van der Waals surface area contributed by atoms with E-state index in [2.05, 4.69) is 24.2 Å². The van der Waals surface area contributed by atoms with Crippen LogP contribution in [-0.2, 0) is 0 Å². The standard InChI is InChI=1S/C13H19N3O/c1-4-8(2)15-13-9(3)17-12-7-10(14)5-6-11(12)16-13/h5-9H,4,14H2,1-3H3,(H,15,16). The van der Waals surface area contributed by atoms with E-state index < -0.39 is 0 Å². The predicted octanol–water partition coefficient (Wildman–Crippen LogP) is 2.66. The average Bonchev–Trinajstić information content (AvgIpc) is 2.30. The molecular formula is C13H19N3O. The number of hydrogen-bond donors (Lipinski definition) is 2. The number of nitrogens with two attached hydrogens (primary N) is 1. The van der Waals surface area contributed by atoms with Crippen molar-refractivity contribution in [2.45, 2.75) is 39.3 Å². The summed E-state index contributed by atoms with van der Waals surface area (Å²) >= 11 is 0. The number of hydrogen-bond acceptors (Lipinski definition) is 3. The Morgan fingerprint density at radius 2 is 2.29 bits per heavy atom. The van der Waals surface area contributed by atoms with Gasteiger partial charge < -0.3 is 15.8 Å². The number of nitrogen functional groups attached to an aromatic ring is 1. The molecule has 0 bridgehead atoms. The van der Waals surface area contributed by atoms with Crippen LogP contribution in [0.3, 0.4) is 0 Å². The zero-order valence-electron chi connectivity index (χ0n) is 10.5. The predicted molar refractivity (Wildman–Crippen MR) is 71.8 cm³/mol. The molecule has 1 aliphatic rings. The Morgan fingerprint density at radius 3 is 3.00 bits per heavy atom. The second kappa shape index (κ2) is 4.65. The summed E-state index contributed by atoms with van der Waals surface area (Å²) in [5, 5.41) is 3.31. The van der Waals surface area contributed by atoms with E-state index in [1.54, 1.807) is 0 Å². The van der Waals surface area contributed by atoms with Gasteiger partial charge in [0.1, 0.15) is 11.6 Å². The summed E-state index contributed by atoms with van der Waals surface area (Å²) in [4.78, 5) is 4.61. The molecule has 1 aliphatic heterocycles. The highest BCUT2D eigenvalue weighted by Crippen LogP contribution is 2.31. The molecule has 2 rings (SSSR count). The van der Waals surface area contributed by atoms with Gasteiger partial charge in [-0.1, -0.05) is 6.92 Å². The van der Waals surface area contributed by atoms with Gasteiger partial charge in [-0.3, -0.25) is 4.99 Å². The molecule has 92 valence electrons. The summed E-state index contributed by atoms with van der Waals surface area (Å²) in [5.41, 5.74) is 7.36. The Labute approximate surface area is 102 Å². The number of rotatable bonds is 2. The molecule has 17 heavy (non-hydrogen) atoms. The minimum absolute atomic E-state index is 0.0571. The second-order valence-electron chi connectivity index (χ2n) is 4.41. The van der Waals surface area contributed by atoms with E-state index in [1.807, 2.05) is 25.1 Å². The highest BCUT2D eigenvalue weighted by molar-refractivity contribution is 6.01. The first-order chi connectivity index (χ1) is 8.10. The maximum Gasteiger partial charge on any atom is 0.153 e. The van der Waals surface area contributed by atoms with E-state index in [4.69, 9.17) is 10.5 Å². The number of fused-ring (bicyclic) bond motifs is 1. The van der Waals surface area contributed by atoms with Crippen molar-refractivity contribution in [3.63, 3.8) is 0 Å². The van der Waals surface area contributed by atoms with Crippen LogP contribution in [0.25, 0.3) is 0 Å². The molecule has 0 radical (unpaired) electrons. The van der Waals surface area contributed by atoms with Gasteiger partial charge in [-0.15, -0.1) is 0 Å². The van der Waals surface area contributed by atoms with Gasteiger partial charge in [-0.05, 0) is 32.4 Å². The lowest BCUT2D eigenvalue weighted by atomic mass is 10.2. The van der Waals surface area contributed by atoms with Crippen LogP contribution in [0.5, 0.6) is 5.75 Å². The summed E-state index contributed by atoms with van der Waals surface area (Å²) in [6.45, 7) is 6.21. The molecule has 0 saturated carbocycles. The average molecular weight is 233 g/mol. The maximum atomic E-state index is 5.80. The third-order valence-corrected chi connectivity index (χ3v) is 2.91. The lowest BCUT2D eigenvalue weighted by molar-refractivity contribution is 0.282. The van der Waals surface area contributed by atoms with Crippen LogP contribution in [0, 0.1) is 0 Å². The van der Waals surface area contributed by atoms with E-state index in [9.17, 15) is 0 Å². The van der Waals surface area contributed by atoms with Crippen LogP contribution < -0.4 is 15.8 Å². The Hall–Kier alpha value is -1.71. The van der Waals surface area contributed by atoms with Crippen LogP contribution in [0.4, 0.5) is 11.4 Å². The van der Waals surface area contributed by atoms with E-state index in [0.717, 1.165) is 23.7 Å². The van der Waals surface area contributed by atoms with E-state index in [1.165, 1.54) is 0 Å². The van der Waals surface area contributed by atoms with Crippen molar-refractivity contribution in [1.29, 1.82) is 0 Å². The number of nitrogens with zero attached hydrogens (tertiary/aromatic N) is 1. The molecular weight excluding hydrogens is 214 g/mol. The van der Waals surface area contributed by atoms with Gasteiger partial charge >= 0.3 is 0 Å². The number of nitrogens with one attached hydrogen (secondary N) is 1. The van der Waals surface area contributed by atoms with Crippen molar-refractivity contribution < 1.29 is 4.74 Å². The van der Waals surface area contributed by atoms with Crippen molar-refractivity contribution in [1.82, 2.24) is 0 Å². The lowest BCUT2D eigenvalue weighted by Gasteiger charge is -2.27. The zero-order valence-corrected chi connectivity index (χ0v) is 10.5. The van der Waals surface area contributed by atoms with Gasteiger partial charge in [-0.2, -0.15) is 0 Å². The first-order valence-electron chi connectivity index (χ1n) is 6.01. The van der Waals surface area contributed by atoms with E-state index >= 15 is 0 Å². The van der Waals surface area contributed by atoms with Crippen LogP contribution in [0.2, 0.25) is 0 Å². The van der Waals surface area contributed by atoms with Crippen molar-refractivity contribution >= 4 is 17.2 Å². The number of benzene rings is 1. The third kappa shape index (κ3) is 2.52. The SMILES string of the molecule is CCC(C)N=C1Nc2ccc(N)cc2OC1C.